The van der Waals surface area contributed by atoms with E-state index in [1.54, 1.807) is 0 Å². The highest BCUT2D eigenvalue weighted by molar-refractivity contribution is 5.71. The van der Waals surface area contributed by atoms with Crippen molar-refractivity contribution in [2.75, 3.05) is 13.2 Å². The Bertz CT molecular complexity index is 1820. The van der Waals surface area contributed by atoms with Crippen molar-refractivity contribution >= 4 is 17.9 Å². The number of unbranched alkanes of at least 4 members (excludes halogenated alkanes) is 16. The lowest BCUT2D eigenvalue weighted by atomic mass is 10.1. The monoisotopic (exact) mass is 1090 g/mol. The van der Waals surface area contributed by atoms with E-state index >= 15 is 0 Å². The van der Waals surface area contributed by atoms with Gasteiger partial charge in [0.15, 0.2) is 6.10 Å². The second-order valence-electron chi connectivity index (χ2n) is 20.2. The zero-order chi connectivity index (χ0) is 57.1. The van der Waals surface area contributed by atoms with Crippen molar-refractivity contribution in [3.8, 4) is 0 Å². The summed E-state index contributed by atoms with van der Waals surface area (Å²) in [4.78, 5) is 38.3. The molecule has 79 heavy (non-hydrogen) atoms. The average molecular weight is 1090 g/mol. The summed E-state index contributed by atoms with van der Waals surface area (Å²) in [6.07, 6.45) is 96.3. The fourth-order valence-electron chi connectivity index (χ4n) is 8.02. The van der Waals surface area contributed by atoms with Crippen LogP contribution in [0.25, 0.3) is 0 Å². The molecule has 0 radical (unpaired) electrons. The van der Waals surface area contributed by atoms with Gasteiger partial charge in [0.25, 0.3) is 0 Å². The molecule has 1 atom stereocenters. The van der Waals surface area contributed by atoms with Crippen molar-refractivity contribution in [1.82, 2.24) is 0 Å². The maximum absolute atomic E-state index is 12.9. The van der Waals surface area contributed by atoms with Gasteiger partial charge in [0.1, 0.15) is 13.2 Å². The number of ether oxygens (including phenoxy) is 3. The van der Waals surface area contributed by atoms with Crippen molar-refractivity contribution in [3.63, 3.8) is 0 Å². The molecule has 0 aromatic carbocycles. The highest BCUT2D eigenvalue weighted by Gasteiger charge is 2.19. The van der Waals surface area contributed by atoms with Crippen molar-refractivity contribution in [1.29, 1.82) is 0 Å². The maximum atomic E-state index is 12.9. The topological polar surface area (TPSA) is 78.9 Å². The average Bonchev–Trinajstić information content (AvgIpc) is 3.45. The maximum Gasteiger partial charge on any atom is 0.306 e. The number of carbonyl (C=O) groups is 3. The molecule has 0 aliphatic rings. The van der Waals surface area contributed by atoms with Gasteiger partial charge in [0.05, 0.1) is 0 Å². The first-order valence-electron chi connectivity index (χ1n) is 31.6. The van der Waals surface area contributed by atoms with E-state index in [4.69, 9.17) is 14.2 Å². The first-order valence-corrected chi connectivity index (χ1v) is 31.6. The van der Waals surface area contributed by atoms with Crippen molar-refractivity contribution in [2.45, 2.75) is 258 Å². The molecule has 0 bridgehead atoms. The van der Waals surface area contributed by atoms with Gasteiger partial charge in [-0.3, -0.25) is 14.4 Å². The molecule has 1 unspecified atom stereocenters. The van der Waals surface area contributed by atoms with Crippen LogP contribution in [0.4, 0.5) is 0 Å². The van der Waals surface area contributed by atoms with Gasteiger partial charge in [-0.15, -0.1) is 0 Å². The second-order valence-corrected chi connectivity index (χ2v) is 20.2. The third-order valence-corrected chi connectivity index (χ3v) is 12.7. The van der Waals surface area contributed by atoms with Crippen LogP contribution in [0.3, 0.4) is 0 Å². The van der Waals surface area contributed by atoms with Crippen LogP contribution >= 0.6 is 0 Å². The minimum Gasteiger partial charge on any atom is -0.462 e. The molecule has 0 N–H and O–H groups in total. The molecule has 0 rings (SSSR count). The summed E-state index contributed by atoms with van der Waals surface area (Å²) < 4.78 is 16.9. The zero-order valence-electron chi connectivity index (χ0n) is 50.6. The third-order valence-electron chi connectivity index (χ3n) is 12.7. The van der Waals surface area contributed by atoms with E-state index in [0.717, 1.165) is 186 Å². The Morgan fingerprint density at radius 3 is 0.785 bits per heavy atom. The lowest BCUT2D eigenvalue weighted by molar-refractivity contribution is -0.167. The summed E-state index contributed by atoms with van der Waals surface area (Å²) in [5, 5.41) is 0. The molecule has 0 spiro atoms. The SMILES string of the molecule is CC/C=C\C/C=C\C/C=C\C/C=C\C/C=C\C/C=C\C/C=C\CCCCCC(=O)OCC(COC(=O)CCCCCCC/C=C\C/C=C\CCC)OC(=O)CCCCCCCCC/C=C\C/C=C\C/C=C\C/C=C\C/C=C\CC. The van der Waals surface area contributed by atoms with Crippen LogP contribution in [0.2, 0.25) is 0 Å². The fourth-order valence-corrected chi connectivity index (χ4v) is 8.02. The van der Waals surface area contributed by atoms with Gasteiger partial charge in [-0.1, -0.05) is 255 Å². The summed E-state index contributed by atoms with van der Waals surface area (Å²) in [5.74, 6) is -0.973. The summed E-state index contributed by atoms with van der Waals surface area (Å²) in [6.45, 7) is 6.29. The molecule has 442 valence electrons. The lowest BCUT2D eigenvalue weighted by Gasteiger charge is -2.18. The van der Waals surface area contributed by atoms with Crippen LogP contribution in [0.5, 0.6) is 0 Å². The second kappa shape index (κ2) is 65.3. The Labute approximate surface area is 485 Å². The summed E-state index contributed by atoms with van der Waals surface area (Å²) in [7, 11) is 0. The number of esters is 3. The zero-order valence-corrected chi connectivity index (χ0v) is 50.6. The lowest BCUT2D eigenvalue weighted by Crippen LogP contribution is -2.30. The van der Waals surface area contributed by atoms with Gasteiger partial charge >= 0.3 is 17.9 Å². The molecule has 0 fully saturated rings. The van der Waals surface area contributed by atoms with E-state index in [2.05, 4.69) is 191 Å². The Morgan fingerprint density at radius 2 is 0.494 bits per heavy atom. The molecule has 0 aliphatic carbocycles. The van der Waals surface area contributed by atoms with Crippen LogP contribution in [0.15, 0.2) is 170 Å². The van der Waals surface area contributed by atoms with Crippen molar-refractivity contribution < 1.29 is 28.6 Å². The number of hydrogen-bond donors (Lipinski definition) is 0. The fraction of sp³-hybridized carbons (Fsp3) is 0.575. The molecule has 0 aromatic heterocycles. The predicted octanol–water partition coefficient (Wildman–Crippen LogP) is 21.9. The minimum absolute atomic E-state index is 0.109. The molecule has 0 amide bonds. The molecule has 0 saturated heterocycles. The summed E-state index contributed by atoms with van der Waals surface area (Å²) in [6, 6.07) is 0. The molecule has 6 nitrogen and oxygen atoms in total. The van der Waals surface area contributed by atoms with Crippen LogP contribution in [-0.2, 0) is 28.6 Å². The van der Waals surface area contributed by atoms with Crippen LogP contribution in [-0.4, -0.2) is 37.2 Å². The molecular weight excluding hydrogens is 973 g/mol. The van der Waals surface area contributed by atoms with Gasteiger partial charge in [-0.2, -0.15) is 0 Å². The molecule has 0 heterocycles. The standard InChI is InChI=1S/C73H114O6/c1-4-7-10-13-16-19-22-25-27-29-31-33-35-36-38-39-41-43-45-48-51-54-57-60-63-66-72(75)78-69-70(68-77-71(74)65-62-59-56-53-50-47-24-21-18-15-12-9-6-3)79-73(76)67-64-61-58-55-52-49-46-44-42-40-37-34-32-30-28-26-23-20-17-14-11-8-5-2/h7-8,10-12,15-17,19-21,24-28,31-34,36,38,40-43,48,51,70H,4-6,9,13-14,18,22-23,29-30,35,37,39,44-47,49-50,52-69H2,1-3H3/b10-7-,11-8-,15-12-,19-16-,20-17-,24-21-,27-25-,28-26-,33-31-,34-32-,38-36-,42-40-,43-41-,51-48-. The van der Waals surface area contributed by atoms with Crippen LogP contribution < -0.4 is 0 Å². The Kier molecular flexibility index (Phi) is 61.0. The highest BCUT2D eigenvalue weighted by atomic mass is 16.6. The predicted molar refractivity (Wildman–Crippen MR) is 343 cm³/mol. The van der Waals surface area contributed by atoms with E-state index in [-0.39, 0.29) is 31.1 Å². The van der Waals surface area contributed by atoms with Crippen LogP contribution in [0, 0.1) is 0 Å². The number of carbonyl (C=O) groups excluding carboxylic acids is 3. The van der Waals surface area contributed by atoms with Crippen LogP contribution in [0.1, 0.15) is 252 Å². The van der Waals surface area contributed by atoms with Gasteiger partial charge in [0.2, 0.25) is 0 Å². The number of rotatable bonds is 55. The Hall–Kier alpha value is -5.23. The molecular formula is C73H114O6. The van der Waals surface area contributed by atoms with E-state index < -0.39 is 6.10 Å². The molecule has 6 heteroatoms. The van der Waals surface area contributed by atoms with Gasteiger partial charge in [0, 0.05) is 19.3 Å². The van der Waals surface area contributed by atoms with E-state index in [9.17, 15) is 14.4 Å². The first-order chi connectivity index (χ1) is 39.0. The number of hydrogen-bond acceptors (Lipinski definition) is 6. The molecule has 0 saturated carbocycles. The Morgan fingerprint density at radius 1 is 0.266 bits per heavy atom. The third kappa shape index (κ3) is 63.5. The molecule has 0 aliphatic heterocycles. The first kappa shape index (κ1) is 73.8. The highest BCUT2D eigenvalue weighted by Crippen LogP contribution is 2.14. The van der Waals surface area contributed by atoms with Gasteiger partial charge < -0.3 is 14.2 Å². The Balaban J connectivity index is 4.48. The quantitative estimate of drug-likeness (QED) is 0.0261. The summed E-state index contributed by atoms with van der Waals surface area (Å²) >= 11 is 0. The van der Waals surface area contributed by atoms with E-state index in [1.165, 1.54) is 25.7 Å². The van der Waals surface area contributed by atoms with E-state index in [1.807, 2.05) is 0 Å². The normalized spacial score (nSPS) is 13.3. The number of allylic oxidation sites excluding steroid dienone is 28. The van der Waals surface area contributed by atoms with Crippen molar-refractivity contribution in [3.05, 3.63) is 170 Å². The minimum atomic E-state index is -0.815. The summed E-state index contributed by atoms with van der Waals surface area (Å²) in [5.41, 5.74) is 0. The largest absolute Gasteiger partial charge is 0.462 e. The smallest absolute Gasteiger partial charge is 0.306 e. The van der Waals surface area contributed by atoms with E-state index in [0.29, 0.717) is 19.3 Å². The van der Waals surface area contributed by atoms with Gasteiger partial charge in [-0.25, -0.2) is 0 Å². The van der Waals surface area contributed by atoms with Gasteiger partial charge in [-0.05, 0) is 148 Å². The molecule has 0 aromatic rings. The van der Waals surface area contributed by atoms with Crippen molar-refractivity contribution in [2.24, 2.45) is 0 Å².